The number of hydrogen-bond acceptors (Lipinski definition) is 3. The molecule has 1 rings (SSSR count). The van der Waals surface area contributed by atoms with Crippen molar-refractivity contribution in [1.29, 1.82) is 0 Å². The van der Waals surface area contributed by atoms with Crippen LogP contribution in [0.25, 0.3) is 0 Å². The Morgan fingerprint density at radius 3 is 2.64 bits per heavy atom. The number of carbonyl (C=O) groups excluding carboxylic acids is 1. The van der Waals surface area contributed by atoms with Gasteiger partial charge >= 0.3 is 29.6 Å². The topological polar surface area (TPSA) is 49.4 Å². The van der Waals surface area contributed by atoms with Crippen molar-refractivity contribution in [3.8, 4) is 5.75 Å². The zero-order valence-corrected chi connectivity index (χ0v) is 10.6. The largest absolute Gasteiger partial charge is 1.00 e. The van der Waals surface area contributed by atoms with Crippen LogP contribution in [0.5, 0.6) is 5.75 Å². The normalized spacial score (nSPS) is 11.3. The molecule has 0 N–H and O–H groups in total. The maximum absolute atomic E-state index is 10.5. The van der Waals surface area contributed by atoms with Gasteiger partial charge in [-0.2, -0.15) is 0 Å². The van der Waals surface area contributed by atoms with E-state index in [0.717, 1.165) is 0 Å². The fraction of sp³-hybridized carbons (Fsp3) is 0.300. The summed E-state index contributed by atoms with van der Waals surface area (Å²) in [6.07, 6.45) is 0. The number of hydrogen-bond donors (Lipinski definition) is 0. The van der Waals surface area contributed by atoms with Crippen LogP contribution < -0.4 is 39.4 Å². The van der Waals surface area contributed by atoms with Crippen LogP contribution in [0, 0.1) is 0 Å². The number of ether oxygens (including phenoxy) is 1. The summed E-state index contributed by atoms with van der Waals surface area (Å²) in [6, 6.07) is 6.96. The summed E-state index contributed by atoms with van der Waals surface area (Å²) in [6.45, 7) is 1.59. The van der Waals surface area contributed by atoms with Gasteiger partial charge in [-0.15, -0.1) is 0 Å². The van der Waals surface area contributed by atoms with Gasteiger partial charge in [-0.05, 0) is 17.7 Å². The SMILES string of the molecule is COc1cccc(C(C)C(=O)[O-])c1.[Na+]. The zero-order chi connectivity index (χ0) is 9.84. The first-order valence-electron chi connectivity index (χ1n) is 4.00. The molecular formula is C10H11NaO3. The standard InChI is InChI=1S/C10H12O3.Na/c1-7(10(11)12)8-4-3-5-9(6-8)13-2;/h3-7H,1-2H3,(H,11,12);/q;+1/p-1. The minimum absolute atomic E-state index is 0. The van der Waals surface area contributed by atoms with Crippen LogP contribution in [0.2, 0.25) is 0 Å². The third-order valence-electron chi connectivity index (χ3n) is 1.95. The molecule has 0 saturated heterocycles. The molecule has 0 saturated carbocycles. The molecule has 0 radical (unpaired) electrons. The number of methoxy groups -OCH3 is 1. The minimum atomic E-state index is -1.08. The number of benzene rings is 1. The summed E-state index contributed by atoms with van der Waals surface area (Å²) in [4.78, 5) is 10.5. The molecule has 0 heterocycles. The van der Waals surface area contributed by atoms with E-state index in [1.807, 2.05) is 0 Å². The van der Waals surface area contributed by atoms with Crippen molar-refractivity contribution in [3.63, 3.8) is 0 Å². The molecule has 0 fully saturated rings. The smallest absolute Gasteiger partial charge is 0.550 e. The molecule has 1 aromatic rings. The Bertz CT molecular complexity index is 312. The number of rotatable bonds is 3. The van der Waals surface area contributed by atoms with E-state index in [1.54, 1.807) is 38.3 Å². The van der Waals surface area contributed by atoms with Gasteiger partial charge < -0.3 is 14.6 Å². The molecule has 14 heavy (non-hydrogen) atoms. The average molecular weight is 202 g/mol. The third kappa shape index (κ3) is 3.33. The molecule has 0 amide bonds. The van der Waals surface area contributed by atoms with E-state index in [1.165, 1.54) is 0 Å². The summed E-state index contributed by atoms with van der Waals surface area (Å²) in [5, 5.41) is 10.5. The monoisotopic (exact) mass is 202 g/mol. The second-order valence-electron chi connectivity index (χ2n) is 2.82. The molecule has 0 spiro atoms. The Morgan fingerprint density at radius 2 is 2.14 bits per heavy atom. The Labute approximate surface area is 105 Å². The van der Waals surface area contributed by atoms with Crippen LogP contribution in [0.1, 0.15) is 18.4 Å². The first kappa shape index (κ1) is 13.5. The van der Waals surface area contributed by atoms with Crippen molar-refractivity contribution in [2.24, 2.45) is 0 Å². The van der Waals surface area contributed by atoms with Gasteiger partial charge in [-0.1, -0.05) is 19.1 Å². The second-order valence-corrected chi connectivity index (χ2v) is 2.82. The maximum atomic E-state index is 10.5. The van der Waals surface area contributed by atoms with Crippen molar-refractivity contribution >= 4 is 5.97 Å². The fourth-order valence-corrected chi connectivity index (χ4v) is 1.05. The van der Waals surface area contributed by atoms with E-state index in [4.69, 9.17) is 4.74 Å². The summed E-state index contributed by atoms with van der Waals surface area (Å²) in [5.41, 5.74) is 0.694. The molecular weight excluding hydrogens is 191 g/mol. The van der Waals surface area contributed by atoms with Gasteiger partial charge in [-0.3, -0.25) is 0 Å². The molecule has 4 heteroatoms. The van der Waals surface area contributed by atoms with Gasteiger partial charge in [-0.25, -0.2) is 0 Å². The van der Waals surface area contributed by atoms with E-state index < -0.39 is 11.9 Å². The van der Waals surface area contributed by atoms with Crippen molar-refractivity contribution < 1.29 is 44.2 Å². The van der Waals surface area contributed by atoms with Crippen LogP contribution in [0.3, 0.4) is 0 Å². The quantitative estimate of drug-likeness (QED) is 0.511. The number of aliphatic carboxylic acids is 1. The van der Waals surface area contributed by atoms with Crippen molar-refractivity contribution in [1.82, 2.24) is 0 Å². The van der Waals surface area contributed by atoms with Gasteiger partial charge in [0, 0.05) is 11.9 Å². The molecule has 1 atom stereocenters. The molecule has 1 unspecified atom stereocenters. The van der Waals surface area contributed by atoms with Crippen LogP contribution in [0.15, 0.2) is 24.3 Å². The summed E-state index contributed by atoms with van der Waals surface area (Å²) in [7, 11) is 1.54. The Kier molecular flexibility index (Phi) is 5.84. The van der Waals surface area contributed by atoms with E-state index in [2.05, 4.69) is 0 Å². The summed E-state index contributed by atoms with van der Waals surface area (Å²) in [5.74, 6) is -1.02. The maximum Gasteiger partial charge on any atom is 1.00 e. The first-order valence-corrected chi connectivity index (χ1v) is 4.00. The predicted octanol–water partition coefficient (Wildman–Crippen LogP) is -2.45. The van der Waals surface area contributed by atoms with E-state index in [-0.39, 0.29) is 29.6 Å². The van der Waals surface area contributed by atoms with E-state index in [0.29, 0.717) is 11.3 Å². The minimum Gasteiger partial charge on any atom is -0.550 e. The molecule has 0 aromatic heterocycles. The van der Waals surface area contributed by atoms with Gasteiger partial charge in [0.15, 0.2) is 0 Å². The number of carbonyl (C=O) groups is 1. The third-order valence-corrected chi connectivity index (χ3v) is 1.95. The van der Waals surface area contributed by atoms with Crippen LogP contribution in [0.4, 0.5) is 0 Å². The van der Waals surface area contributed by atoms with Crippen molar-refractivity contribution in [3.05, 3.63) is 29.8 Å². The molecule has 1 aromatic carbocycles. The molecule has 3 nitrogen and oxygen atoms in total. The van der Waals surface area contributed by atoms with Crippen molar-refractivity contribution in [2.75, 3.05) is 7.11 Å². The average Bonchev–Trinajstić information content (AvgIpc) is 2.16. The zero-order valence-electron chi connectivity index (χ0n) is 8.61. The number of carboxylic acids is 1. The predicted molar refractivity (Wildman–Crippen MR) is 46.4 cm³/mol. The summed E-state index contributed by atoms with van der Waals surface area (Å²) < 4.78 is 4.97. The molecule has 0 aliphatic heterocycles. The van der Waals surface area contributed by atoms with Gasteiger partial charge in [0.2, 0.25) is 0 Å². The van der Waals surface area contributed by atoms with Crippen molar-refractivity contribution in [2.45, 2.75) is 12.8 Å². The van der Waals surface area contributed by atoms with Gasteiger partial charge in [0.05, 0.1) is 7.11 Å². The van der Waals surface area contributed by atoms with Gasteiger partial charge in [0.25, 0.3) is 0 Å². The number of carboxylic acid groups (broad SMARTS) is 1. The van der Waals surface area contributed by atoms with E-state index >= 15 is 0 Å². The summed E-state index contributed by atoms with van der Waals surface area (Å²) >= 11 is 0. The molecule has 0 aliphatic rings. The molecule has 0 aliphatic carbocycles. The van der Waals surface area contributed by atoms with E-state index in [9.17, 15) is 9.90 Å². The van der Waals surface area contributed by atoms with Gasteiger partial charge in [0.1, 0.15) is 5.75 Å². The first-order chi connectivity index (χ1) is 6.15. The van der Waals surface area contributed by atoms with Crippen LogP contribution in [-0.4, -0.2) is 13.1 Å². The second kappa shape index (κ2) is 6.06. The Balaban J connectivity index is 0.00000169. The van der Waals surface area contributed by atoms with Crippen LogP contribution >= 0.6 is 0 Å². The molecule has 0 bridgehead atoms. The Morgan fingerprint density at radius 1 is 1.50 bits per heavy atom. The Hall–Kier alpha value is -0.510. The van der Waals surface area contributed by atoms with Crippen LogP contribution in [-0.2, 0) is 4.79 Å². The fourth-order valence-electron chi connectivity index (χ4n) is 1.05. The molecule has 70 valence electrons.